The summed E-state index contributed by atoms with van der Waals surface area (Å²) in [4.78, 5) is 4.68. The second kappa shape index (κ2) is 5.26. The van der Waals surface area contributed by atoms with Crippen molar-refractivity contribution in [2.45, 2.75) is 33.1 Å². The van der Waals surface area contributed by atoms with Crippen LogP contribution in [0.4, 0.5) is 0 Å². The first kappa shape index (κ1) is 11.3. The molecule has 1 heterocycles. The molecule has 0 unspecified atom stereocenters. The predicted molar refractivity (Wildman–Crippen MR) is 72.9 cm³/mol. The molecule has 0 saturated carbocycles. The van der Waals surface area contributed by atoms with Crippen LogP contribution in [-0.4, -0.2) is 4.98 Å². The molecular weight excluding hydrogens is 214 g/mol. The highest BCUT2D eigenvalue weighted by molar-refractivity contribution is 7.18. The molecule has 0 aliphatic carbocycles. The summed E-state index contributed by atoms with van der Waals surface area (Å²) < 4.78 is 1.33. The van der Waals surface area contributed by atoms with Crippen molar-refractivity contribution in [1.82, 2.24) is 4.98 Å². The van der Waals surface area contributed by atoms with Crippen molar-refractivity contribution < 1.29 is 0 Å². The monoisotopic (exact) mass is 231 g/mol. The second-order valence-corrected chi connectivity index (χ2v) is 4.99. The van der Waals surface area contributed by atoms with Crippen LogP contribution in [0.15, 0.2) is 24.3 Å². The molecule has 0 aliphatic rings. The Bertz CT molecular complexity index is 496. The van der Waals surface area contributed by atoms with Crippen molar-refractivity contribution >= 4 is 27.6 Å². The van der Waals surface area contributed by atoms with Gasteiger partial charge in [-0.05, 0) is 31.4 Å². The first-order valence-electron chi connectivity index (χ1n) is 5.86. The summed E-state index contributed by atoms with van der Waals surface area (Å²) in [5, 5.41) is 1.27. The fraction of sp³-hybridized carbons (Fsp3) is 0.357. The highest BCUT2D eigenvalue weighted by Crippen LogP contribution is 2.27. The maximum absolute atomic E-state index is 4.68. The summed E-state index contributed by atoms with van der Waals surface area (Å²) in [6, 6.07) is 6.35. The van der Waals surface area contributed by atoms with E-state index in [4.69, 9.17) is 0 Å². The Balaban J connectivity index is 2.40. The van der Waals surface area contributed by atoms with Gasteiger partial charge in [0.25, 0.3) is 0 Å². The van der Waals surface area contributed by atoms with Crippen LogP contribution in [0.3, 0.4) is 0 Å². The predicted octanol–water partition coefficient (Wildman–Crippen LogP) is 4.67. The van der Waals surface area contributed by atoms with Crippen LogP contribution in [-0.2, 0) is 6.42 Å². The molecule has 0 fully saturated rings. The third-order valence-corrected chi connectivity index (χ3v) is 3.76. The number of hydrogen-bond donors (Lipinski definition) is 0. The van der Waals surface area contributed by atoms with Crippen molar-refractivity contribution in [2.75, 3.05) is 0 Å². The third kappa shape index (κ3) is 2.33. The minimum absolute atomic E-state index is 1.12. The number of hydrogen-bond acceptors (Lipinski definition) is 2. The topological polar surface area (TPSA) is 12.9 Å². The van der Waals surface area contributed by atoms with E-state index in [1.165, 1.54) is 28.1 Å². The average molecular weight is 231 g/mol. The number of thiazole rings is 1. The Morgan fingerprint density at radius 3 is 3.00 bits per heavy atom. The van der Waals surface area contributed by atoms with Crippen LogP contribution in [0, 0.1) is 0 Å². The molecule has 0 spiro atoms. The number of nitrogens with zero attached hydrogens (tertiary/aromatic N) is 1. The maximum Gasteiger partial charge on any atom is 0.0938 e. The number of aromatic nitrogens is 1. The number of benzene rings is 1. The van der Waals surface area contributed by atoms with Crippen LogP contribution in [0.2, 0.25) is 0 Å². The molecule has 0 atom stereocenters. The Hall–Kier alpha value is -1.15. The number of allylic oxidation sites excluding steroid dienone is 1. The zero-order valence-electron chi connectivity index (χ0n) is 9.86. The van der Waals surface area contributed by atoms with E-state index in [9.17, 15) is 0 Å². The van der Waals surface area contributed by atoms with E-state index in [1.807, 2.05) is 11.3 Å². The van der Waals surface area contributed by atoms with Gasteiger partial charge in [0.15, 0.2) is 0 Å². The van der Waals surface area contributed by atoms with Gasteiger partial charge in [-0.1, -0.05) is 37.6 Å². The molecule has 1 aromatic carbocycles. The molecule has 0 N–H and O–H groups in total. The second-order valence-electron chi connectivity index (χ2n) is 3.91. The summed E-state index contributed by atoms with van der Waals surface area (Å²) in [5.41, 5.74) is 2.44. The van der Waals surface area contributed by atoms with E-state index in [0.717, 1.165) is 11.9 Å². The highest BCUT2D eigenvalue weighted by atomic mass is 32.1. The molecule has 2 heteroatoms. The number of fused-ring (bicyclic) bond motifs is 1. The van der Waals surface area contributed by atoms with E-state index in [2.05, 4.69) is 49.2 Å². The fourth-order valence-electron chi connectivity index (χ4n) is 1.76. The van der Waals surface area contributed by atoms with Gasteiger partial charge in [-0.2, -0.15) is 0 Å². The fourth-order valence-corrected chi connectivity index (χ4v) is 2.86. The van der Waals surface area contributed by atoms with Gasteiger partial charge >= 0.3 is 0 Å². The molecular formula is C14H17NS. The minimum atomic E-state index is 1.12. The highest BCUT2D eigenvalue weighted by Gasteiger charge is 2.05. The Morgan fingerprint density at radius 2 is 2.25 bits per heavy atom. The van der Waals surface area contributed by atoms with E-state index in [0.29, 0.717) is 0 Å². The van der Waals surface area contributed by atoms with Crippen molar-refractivity contribution in [3.05, 3.63) is 34.8 Å². The van der Waals surface area contributed by atoms with Crippen LogP contribution in [0.25, 0.3) is 16.3 Å². The van der Waals surface area contributed by atoms with Crippen molar-refractivity contribution in [2.24, 2.45) is 0 Å². The van der Waals surface area contributed by atoms with Crippen LogP contribution in [0.1, 0.15) is 37.3 Å². The zero-order chi connectivity index (χ0) is 11.4. The Kier molecular flexibility index (Phi) is 3.73. The largest absolute Gasteiger partial charge is 0.241 e. The zero-order valence-corrected chi connectivity index (χ0v) is 10.7. The smallest absolute Gasteiger partial charge is 0.0938 e. The van der Waals surface area contributed by atoms with Crippen LogP contribution < -0.4 is 0 Å². The number of aryl methyl sites for hydroxylation is 1. The lowest BCUT2D eigenvalue weighted by molar-refractivity contribution is 0.791. The third-order valence-electron chi connectivity index (χ3n) is 2.58. The molecule has 1 nitrogen and oxygen atoms in total. The van der Waals surface area contributed by atoms with Gasteiger partial charge in [0.2, 0.25) is 0 Å². The lowest BCUT2D eigenvalue weighted by Gasteiger charge is -1.93. The summed E-state index contributed by atoms with van der Waals surface area (Å²) in [6.45, 7) is 4.27. The first-order chi connectivity index (χ1) is 7.85. The molecule has 0 amide bonds. The lowest BCUT2D eigenvalue weighted by Crippen LogP contribution is -1.81. The Labute approximate surface area is 101 Å². The Morgan fingerprint density at radius 1 is 1.38 bits per heavy atom. The van der Waals surface area contributed by atoms with Crippen molar-refractivity contribution in [3.8, 4) is 0 Å². The minimum Gasteiger partial charge on any atom is -0.241 e. The first-order valence-corrected chi connectivity index (χ1v) is 6.68. The summed E-state index contributed by atoms with van der Waals surface area (Å²) in [7, 11) is 0. The van der Waals surface area contributed by atoms with Gasteiger partial charge in [0.1, 0.15) is 0 Å². The molecule has 84 valence electrons. The van der Waals surface area contributed by atoms with Crippen molar-refractivity contribution in [3.63, 3.8) is 0 Å². The SMILES string of the molecule is C/C=C/c1cccc2nc(CCCC)sc12. The van der Waals surface area contributed by atoms with Crippen LogP contribution in [0.5, 0.6) is 0 Å². The summed E-state index contributed by atoms with van der Waals surface area (Å²) in [6.07, 6.45) is 7.83. The summed E-state index contributed by atoms with van der Waals surface area (Å²) >= 11 is 1.84. The van der Waals surface area contributed by atoms with E-state index in [1.54, 1.807) is 0 Å². The standard InChI is InChI=1S/C14H17NS/c1-3-5-10-13-15-12-9-6-8-11(7-4-2)14(12)16-13/h4,6-9H,3,5,10H2,1-2H3/b7-4+. The molecule has 16 heavy (non-hydrogen) atoms. The average Bonchev–Trinajstić information content (AvgIpc) is 2.70. The maximum atomic E-state index is 4.68. The number of unbranched alkanes of at least 4 members (excludes halogenated alkanes) is 1. The van der Waals surface area contributed by atoms with Crippen molar-refractivity contribution in [1.29, 1.82) is 0 Å². The molecule has 2 aromatic rings. The van der Waals surface area contributed by atoms with Gasteiger partial charge in [-0.25, -0.2) is 4.98 Å². The van der Waals surface area contributed by atoms with Gasteiger partial charge in [0, 0.05) is 0 Å². The van der Waals surface area contributed by atoms with E-state index >= 15 is 0 Å². The van der Waals surface area contributed by atoms with E-state index in [-0.39, 0.29) is 0 Å². The van der Waals surface area contributed by atoms with Gasteiger partial charge < -0.3 is 0 Å². The van der Waals surface area contributed by atoms with Gasteiger partial charge in [0.05, 0.1) is 15.2 Å². The normalized spacial score (nSPS) is 11.6. The molecule has 0 saturated heterocycles. The molecule has 2 rings (SSSR count). The molecule has 0 bridgehead atoms. The van der Waals surface area contributed by atoms with Crippen LogP contribution >= 0.6 is 11.3 Å². The van der Waals surface area contributed by atoms with Gasteiger partial charge in [-0.3, -0.25) is 0 Å². The molecule has 1 aromatic heterocycles. The summed E-state index contributed by atoms with van der Waals surface area (Å²) in [5.74, 6) is 0. The van der Waals surface area contributed by atoms with Gasteiger partial charge in [-0.15, -0.1) is 11.3 Å². The van der Waals surface area contributed by atoms with E-state index < -0.39 is 0 Å². The number of rotatable bonds is 4. The molecule has 0 aliphatic heterocycles. The lowest BCUT2D eigenvalue weighted by atomic mass is 10.2. The molecule has 0 radical (unpaired) electrons. The quantitative estimate of drug-likeness (QED) is 0.745.